The molecule has 1 aliphatic rings. The number of nitrogens with zero attached hydrogens (tertiary/aromatic N) is 2. The van der Waals surface area contributed by atoms with Gasteiger partial charge in [0.15, 0.2) is 0 Å². The Morgan fingerprint density at radius 3 is 2.60 bits per heavy atom. The van der Waals surface area contributed by atoms with E-state index in [0.717, 1.165) is 25.2 Å². The van der Waals surface area contributed by atoms with Gasteiger partial charge < -0.3 is 5.32 Å². The fraction of sp³-hybridized carbons (Fsp3) is 0.250. The van der Waals surface area contributed by atoms with E-state index in [0.29, 0.717) is 5.69 Å². The van der Waals surface area contributed by atoms with Gasteiger partial charge in [0.05, 0.1) is 17.9 Å². The van der Waals surface area contributed by atoms with Crippen molar-refractivity contribution in [1.29, 1.82) is 0 Å². The van der Waals surface area contributed by atoms with Crippen LogP contribution >= 0.6 is 11.3 Å². The molecule has 1 aromatic heterocycles. The van der Waals surface area contributed by atoms with E-state index in [1.165, 1.54) is 15.3 Å². The number of benzene rings is 2. The van der Waals surface area contributed by atoms with Gasteiger partial charge in [0.25, 0.3) is 0 Å². The molecule has 154 valence electrons. The molecule has 1 N–H and O–H groups in total. The zero-order valence-electron chi connectivity index (χ0n) is 17.0. The zero-order chi connectivity index (χ0) is 20.9. The minimum atomic E-state index is -0.160. The van der Waals surface area contributed by atoms with Crippen molar-refractivity contribution < 1.29 is 9.59 Å². The number of amides is 2. The standard InChI is InChI=1S/C24H25N3O2S/c1-18-11-12-20(30-18)15-26(14-13-19-7-3-2-4-8-19)17-24(29)27-16-23(28)25-21-9-5-6-10-22(21)27/h2-12H,13-17H2,1H3,(H,25,28). The SMILES string of the molecule is Cc1ccc(CN(CCc2ccccc2)CC(=O)N2CC(=O)Nc3ccccc32)s1. The molecule has 30 heavy (non-hydrogen) atoms. The number of hydrogen-bond acceptors (Lipinski definition) is 4. The maximum absolute atomic E-state index is 13.2. The van der Waals surface area contributed by atoms with E-state index in [2.05, 4.69) is 41.4 Å². The Labute approximate surface area is 180 Å². The highest BCUT2D eigenvalue weighted by molar-refractivity contribution is 7.11. The topological polar surface area (TPSA) is 52.7 Å². The number of anilines is 2. The lowest BCUT2D eigenvalue weighted by atomic mass is 10.1. The zero-order valence-corrected chi connectivity index (χ0v) is 17.8. The summed E-state index contributed by atoms with van der Waals surface area (Å²) in [6.07, 6.45) is 0.871. The fourth-order valence-corrected chi connectivity index (χ4v) is 4.60. The number of para-hydroxylation sites is 2. The van der Waals surface area contributed by atoms with Gasteiger partial charge in [-0.1, -0.05) is 42.5 Å². The van der Waals surface area contributed by atoms with E-state index in [9.17, 15) is 9.59 Å². The molecule has 0 bridgehead atoms. The first-order chi connectivity index (χ1) is 14.6. The second-order valence-electron chi connectivity index (χ2n) is 7.50. The molecule has 2 heterocycles. The minimum Gasteiger partial charge on any atom is -0.323 e. The lowest BCUT2D eigenvalue weighted by molar-refractivity contribution is -0.122. The van der Waals surface area contributed by atoms with Crippen LogP contribution in [0.3, 0.4) is 0 Å². The Kier molecular flexibility index (Phi) is 6.26. The predicted octanol–water partition coefficient (Wildman–Crippen LogP) is 4.09. The van der Waals surface area contributed by atoms with Crippen LogP contribution in [-0.4, -0.2) is 36.3 Å². The summed E-state index contributed by atoms with van der Waals surface area (Å²) < 4.78 is 0. The quantitative estimate of drug-likeness (QED) is 0.628. The molecular weight excluding hydrogens is 394 g/mol. The van der Waals surface area contributed by atoms with Crippen LogP contribution in [0.1, 0.15) is 15.3 Å². The average Bonchev–Trinajstić information content (AvgIpc) is 3.16. The van der Waals surface area contributed by atoms with Gasteiger partial charge in [0, 0.05) is 22.8 Å². The summed E-state index contributed by atoms with van der Waals surface area (Å²) in [6, 6.07) is 22.0. The molecule has 1 aliphatic heterocycles. The molecule has 0 saturated carbocycles. The van der Waals surface area contributed by atoms with Gasteiger partial charge in [-0.05, 0) is 43.2 Å². The third kappa shape index (κ3) is 4.96. The lowest BCUT2D eigenvalue weighted by Gasteiger charge is -2.31. The highest BCUT2D eigenvalue weighted by Gasteiger charge is 2.27. The van der Waals surface area contributed by atoms with Crippen molar-refractivity contribution in [2.45, 2.75) is 19.9 Å². The van der Waals surface area contributed by atoms with Gasteiger partial charge in [0.1, 0.15) is 6.54 Å². The molecule has 0 atom stereocenters. The Morgan fingerprint density at radius 2 is 1.83 bits per heavy atom. The van der Waals surface area contributed by atoms with Crippen LogP contribution in [0.2, 0.25) is 0 Å². The van der Waals surface area contributed by atoms with Crippen molar-refractivity contribution in [3.05, 3.63) is 82.0 Å². The number of aryl methyl sites for hydroxylation is 1. The van der Waals surface area contributed by atoms with Crippen LogP contribution in [0.4, 0.5) is 11.4 Å². The normalized spacial score (nSPS) is 13.3. The predicted molar refractivity (Wildman–Crippen MR) is 122 cm³/mol. The number of fused-ring (bicyclic) bond motifs is 1. The van der Waals surface area contributed by atoms with Gasteiger partial charge >= 0.3 is 0 Å². The van der Waals surface area contributed by atoms with Crippen LogP contribution in [0, 0.1) is 6.92 Å². The molecule has 0 unspecified atom stereocenters. The number of rotatable bonds is 7. The Morgan fingerprint density at radius 1 is 1.07 bits per heavy atom. The Bertz CT molecular complexity index is 1030. The second-order valence-corrected chi connectivity index (χ2v) is 8.88. The van der Waals surface area contributed by atoms with E-state index >= 15 is 0 Å². The molecule has 0 spiro atoms. The maximum atomic E-state index is 13.2. The first kappa shape index (κ1) is 20.3. The van der Waals surface area contributed by atoms with Crippen molar-refractivity contribution in [2.75, 3.05) is 29.9 Å². The molecule has 5 nitrogen and oxygen atoms in total. The summed E-state index contributed by atoms with van der Waals surface area (Å²) in [7, 11) is 0. The molecule has 0 radical (unpaired) electrons. The average molecular weight is 420 g/mol. The van der Waals surface area contributed by atoms with Crippen molar-refractivity contribution in [1.82, 2.24) is 4.90 Å². The van der Waals surface area contributed by atoms with E-state index in [-0.39, 0.29) is 24.9 Å². The number of hydrogen-bond donors (Lipinski definition) is 1. The monoisotopic (exact) mass is 419 g/mol. The molecule has 0 saturated heterocycles. The summed E-state index contributed by atoms with van der Waals surface area (Å²) in [5.41, 5.74) is 2.70. The number of nitrogens with one attached hydrogen (secondary N) is 1. The van der Waals surface area contributed by atoms with Crippen LogP contribution in [0.25, 0.3) is 0 Å². The maximum Gasteiger partial charge on any atom is 0.244 e. The summed E-state index contributed by atoms with van der Waals surface area (Å²) in [5, 5.41) is 2.84. The molecular formula is C24H25N3O2S. The summed E-state index contributed by atoms with van der Waals surface area (Å²) in [4.78, 5) is 31.6. The van der Waals surface area contributed by atoms with Crippen LogP contribution in [0.15, 0.2) is 66.7 Å². The van der Waals surface area contributed by atoms with E-state index < -0.39 is 0 Å². The van der Waals surface area contributed by atoms with Crippen molar-refractivity contribution >= 4 is 34.5 Å². The van der Waals surface area contributed by atoms with Gasteiger partial charge in [-0.25, -0.2) is 0 Å². The van der Waals surface area contributed by atoms with Crippen molar-refractivity contribution in [3.8, 4) is 0 Å². The third-order valence-electron chi connectivity index (χ3n) is 5.17. The van der Waals surface area contributed by atoms with Gasteiger partial charge in [-0.15, -0.1) is 11.3 Å². The first-order valence-electron chi connectivity index (χ1n) is 10.1. The smallest absolute Gasteiger partial charge is 0.244 e. The molecule has 0 aliphatic carbocycles. The van der Waals surface area contributed by atoms with E-state index in [1.54, 1.807) is 16.2 Å². The summed E-state index contributed by atoms with van der Waals surface area (Å²) >= 11 is 1.76. The highest BCUT2D eigenvalue weighted by Crippen LogP contribution is 2.29. The molecule has 3 aromatic rings. The molecule has 6 heteroatoms. The largest absolute Gasteiger partial charge is 0.323 e. The first-order valence-corrected chi connectivity index (χ1v) is 10.9. The van der Waals surface area contributed by atoms with Gasteiger partial charge in [-0.3, -0.25) is 19.4 Å². The van der Waals surface area contributed by atoms with Crippen molar-refractivity contribution in [2.24, 2.45) is 0 Å². The molecule has 2 amide bonds. The highest BCUT2D eigenvalue weighted by atomic mass is 32.1. The van der Waals surface area contributed by atoms with E-state index in [1.807, 2.05) is 42.5 Å². The van der Waals surface area contributed by atoms with Crippen LogP contribution in [-0.2, 0) is 22.6 Å². The van der Waals surface area contributed by atoms with Crippen LogP contribution < -0.4 is 10.2 Å². The third-order valence-corrected chi connectivity index (χ3v) is 6.15. The molecule has 0 fully saturated rings. The summed E-state index contributed by atoms with van der Waals surface area (Å²) in [6.45, 7) is 3.91. The fourth-order valence-electron chi connectivity index (χ4n) is 3.67. The number of thiophene rings is 1. The van der Waals surface area contributed by atoms with Gasteiger partial charge in [-0.2, -0.15) is 0 Å². The Balaban J connectivity index is 1.50. The number of carbonyl (C=O) groups is 2. The molecule has 2 aromatic carbocycles. The van der Waals surface area contributed by atoms with E-state index in [4.69, 9.17) is 0 Å². The molecule has 4 rings (SSSR count). The van der Waals surface area contributed by atoms with Crippen LogP contribution in [0.5, 0.6) is 0 Å². The summed E-state index contributed by atoms with van der Waals surface area (Å²) in [5.74, 6) is -0.217. The lowest BCUT2D eigenvalue weighted by Crippen LogP contribution is -2.46. The number of carbonyl (C=O) groups excluding carboxylic acids is 2. The Hall–Kier alpha value is -2.96. The van der Waals surface area contributed by atoms with Gasteiger partial charge in [0.2, 0.25) is 11.8 Å². The van der Waals surface area contributed by atoms with Crippen molar-refractivity contribution in [3.63, 3.8) is 0 Å². The second kappa shape index (κ2) is 9.24. The minimum absolute atomic E-state index is 0.0560.